The molecule has 0 atom stereocenters. The third-order valence-corrected chi connectivity index (χ3v) is 6.39. The molecule has 30 heavy (non-hydrogen) atoms. The highest BCUT2D eigenvalue weighted by Crippen LogP contribution is 2.26. The van der Waals surface area contributed by atoms with Crippen molar-refractivity contribution in [2.24, 2.45) is 0 Å². The van der Waals surface area contributed by atoms with Gasteiger partial charge in [-0.3, -0.25) is 4.79 Å². The van der Waals surface area contributed by atoms with E-state index in [9.17, 15) is 26.4 Å². The van der Waals surface area contributed by atoms with Crippen LogP contribution in [0.15, 0.2) is 29.6 Å². The molecule has 0 spiro atoms. The second-order valence-electron chi connectivity index (χ2n) is 6.56. The van der Waals surface area contributed by atoms with Crippen molar-refractivity contribution in [2.45, 2.75) is 12.8 Å². The lowest BCUT2D eigenvalue weighted by molar-refractivity contribution is -0.274. The fourth-order valence-corrected chi connectivity index (χ4v) is 4.40. The lowest BCUT2D eigenvalue weighted by Crippen LogP contribution is -2.50. The molecule has 164 valence electrons. The third-order valence-electron chi connectivity index (χ3n) is 4.28. The largest absolute Gasteiger partial charge is 0.573 e. The number of carbonyl (C=O) groups is 1. The molecule has 8 nitrogen and oxygen atoms in total. The molecule has 0 saturated carbocycles. The minimum atomic E-state index is -4.75. The van der Waals surface area contributed by atoms with Gasteiger partial charge in [-0.25, -0.2) is 13.4 Å². The monoisotopic (exact) mass is 464 g/mol. The first-order valence-electron chi connectivity index (χ1n) is 8.80. The second-order valence-corrected chi connectivity index (χ2v) is 9.40. The predicted molar refractivity (Wildman–Crippen MR) is 105 cm³/mol. The van der Waals surface area contributed by atoms with E-state index in [-0.39, 0.29) is 31.2 Å². The molecular weight excluding hydrogens is 445 g/mol. The molecule has 1 aromatic heterocycles. The molecule has 1 amide bonds. The van der Waals surface area contributed by atoms with Gasteiger partial charge in [0.2, 0.25) is 15.9 Å². The fraction of sp³-hybridized carbons (Fsp3) is 0.412. The third kappa shape index (κ3) is 6.31. The highest BCUT2D eigenvalue weighted by Gasteiger charge is 2.31. The van der Waals surface area contributed by atoms with Crippen LogP contribution in [-0.2, 0) is 21.2 Å². The fourth-order valence-electron chi connectivity index (χ4n) is 2.84. The summed E-state index contributed by atoms with van der Waals surface area (Å²) in [4.78, 5) is 18.4. The smallest absolute Gasteiger partial charge is 0.406 e. The van der Waals surface area contributed by atoms with Crippen LogP contribution in [0.3, 0.4) is 0 Å². The molecule has 0 unspecified atom stereocenters. The van der Waals surface area contributed by atoms with Crippen molar-refractivity contribution in [3.8, 4) is 5.75 Å². The number of ether oxygens (including phenoxy) is 1. The Morgan fingerprint density at radius 3 is 2.40 bits per heavy atom. The summed E-state index contributed by atoms with van der Waals surface area (Å²) in [6.07, 6.45) is -3.52. The lowest BCUT2D eigenvalue weighted by atomic mass is 10.2. The van der Waals surface area contributed by atoms with Gasteiger partial charge in [0.1, 0.15) is 5.75 Å². The van der Waals surface area contributed by atoms with E-state index in [1.807, 2.05) is 0 Å². The summed E-state index contributed by atoms with van der Waals surface area (Å²) in [5.41, 5.74) is 1.07. The molecule has 1 aliphatic heterocycles. The van der Waals surface area contributed by atoms with Gasteiger partial charge in [0, 0.05) is 37.2 Å². The van der Waals surface area contributed by atoms with E-state index in [1.165, 1.54) is 39.9 Å². The van der Waals surface area contributed by atoms with E-state index in [1.54, 1.807) is 10.3 Å². The summed E-state index contributed by atoms with van der Waals surface area (Å²) in [6, 6.07) is 5.22. The van der Waals surface area contributed by atoms with E-state index in [4.69, 9.17) is 0 Å². The number of anilines is 2. The van der Waals surface area contributed by atoms with Crippen LogP contribution in [0.4, 0.5) is 24.0 Å². The minimum absolute atomic E-state index is 0.0788. The van der Waals surface area contributed by atoms with Crippen molar-refractivity contribution >= 4 is 38.1 Å². The maximum atomic E-state index is 12.4. The molecule has 1 aromatic carbocycles. The number of nitrogens with one attached hydrogen (secondary N) is 1. The Balaban J connectivity index is 1.52. The molecule has 1 aliphatic rings. The molecule has 2 aromatic rings. The number of nitrogens with zero attached hydrogens (tertiary/aromatic N) is 3. The maximum Gasteiger partial charge on any atom is 0.573 e. The van der Waals surface area contributed by atoms with Crippen LogP contribution in [0, 0.1) is 0 Å². The summed E-state index contributed by atoms with van der Waals surface area (Å²) in [6.45, 7) is 1.19. The van der Waals surface area contributed by atoms with Gasteiger partial charge in [-0.05, 0) is 24.3 Å². The summed E-state index contributed by atoms with van der Waals surface area (Å²) in [7, 11) is -3.26. The van der Waals surface area contributed by atoms with Crippen molar-refractivity contribution in [2.75, 3.05) is 37.8 Å². The highest BCUT2D eigenvalue weighted by atomic mass is 32.2. The highest BCUT2D eigenvalue weighted by molar-refractivity contribution is 7.88. The molecule has 0 aliphatic carbocycles. The molecule has 2 heterocycles. The Morgan fingerprint density at radius 2 is 1.83 bits per heavy atom. The van der Waals surface area contributed by atoms with Gasteiger partial charge in [-0.2, -0.15) is 4.31 Å². The van der Waals surface area contributed by atoms with E-state index >= 15 is 0 Å². The van der Waals surface area contributed by atoms with Crippen molar-refractivity contribution in [3.05, 3.63) is 35.3 Å². The van der Waals surface area contributed by atoms with Gasteiger partial charge in [-0.1, -0.05) is 0 Å². The Labute approximate surface area is 175 Å². The Morgan fingerprint density at radius 1 is 1.20 bits per heavy atom. The number of amides is 1. The number of thiazole rings is 1. The van der Waals surface area contributed by atoms with Gasteiger partial charge in [0.25, 0.3) is 0 Å². The number of piperazine rings is 1. The summed E-state index contributed by atoms with van der Waals surface area (Å²) in [5, 5.41) is 5.17. The van der Waals surface area contributed by atoms with Crippen LogP contribution >= 0.6 is 11.3 Å². The van der Waals surface area contributed by atoms with Crippen molar-refractivity contribution in [1.82, 2.24) is 14.2 Å². The number of carbonyl (C=O) groups excluding carboxylic acids is 1. The summed E-state index contributed by atoms with van der Waals surface area (Å²) < 4.78 is 64.8. The van der Waals surface area contributed by atoms with Crippen LogP contribution in [0.2, 0.25) is 0 Å². The van der Waals surface area contributed by atoms with Crippen LogP contribution in [0.1, 0.15) is 5.69 Å². The van der Waals surface area contributed by atoms with Crippen molar-refractivity contribution < 1.29 is 31.1 Å². The number of aromatic nitrogens is 1. The van der Waals surface area contributed by atoms with Gasteiger partial charge in [0.05, 0.1) is 18.4 Å². The van der Waals surface area contributed by atoms with E-state index in [0.29, 0.717) is 29.6 Å². The molecule has 0 radical (unpaired) electrons. The molecule has 13 heteroatoms. The van der Waals surface area contributed by atoms with Gasteiger partial charge in [-0.15, -0.1) is 24.5 Å². The van der Waals surface area contributed by atoms with Gasteiger partial charge in [0.15, 0.2) is 5.13 Å². The summed E-state index contributed by atoms with van der Waals surface area (Å²) >= 11 is 1.26. The van der Waals surface area contributed by atoms with Crippen LogP contribution in [-0.4, -0.2) is 67.3 Å². The molecule has 1 saturated heterocycles. The number of halogens is 3. The normalized spacial score (nSPS) is 15.8. The number of sulfonamides is 1. The predicted octanol–water partition coefficient (Wildman–Crippen LogP) is 2.43. The first-order chi connectivity index (χ1) is 14.0. The van der Waals surface area contributed by atoms with Crippen LogP contribution in [0.25, 0.3) is 0 Å². The zero-order valence-corrected chi connectivity index (χ0v) is 17.5. The van der Waals surface area contributed by atoms with Gasteiger partial charge >= 0.3 is 6.36 Å². The Kier molecular flexibility index (Phi) is 6.53. The van der Waals surface area contributed by atoms with Gasteiger partial charge < -0.3 is 15.0 Å². The second kappa shape index (κ2) is 8.78. The number of alkyl halides is 3. The first kappa shape index (κ1) is 22.3. The quantitative estimate of drug-likeness (QED) is 0.706. The van der Waals surface area contributed by atoms with Crippen LogP contribution in [0.5, 0.6) is 5.75 Å². The average molecular weight is 464 g/mol. The standard InChI is InChI=1S/C17H19F3N4O4S2/c1-30(26,27)24-8-6-23(7-9-24)15(25)10-13-11-29-16(22-13)21-12-2-4-14(5-3-12)28-17(18,19)20/h2-5,11H,6-10H2,1H3,(H,21,22). The number of hydrogen-bond donors (Lipinski definition) is 1. The first-order valence-corrected chi connectivity index (χ1v) is 11.5. The zero-order chi connectivity index (χ0) is 21.9. The maximum absolute atomic E-state index is 12.4. The Hall–Kier alpha value is -2.38. The molecule has 1 fully saturated rings. The molecular formula is C17H19F3N4O4S2. The van der Waals surface area contributed by atoms with E-state index in [2.05, 4.69) is 15.0 Å². The molecule has 1 N–H and O–H groups in total. The van der Waals surface area contributed by atoms with Crippen molar-refractivity contribution in [3.63, 3.8) is 0 Å². The molecule has 0 bridgehead atoms. The van der Waals surface area contributed by atoms with E-state index < -0.39 is 16.4 Å². The zero-order valence-electron chi connectivity index (χ0n) is 15.8. The average Bonchev–Trinajstić information content (AvgIpc) is 3.08. The number of benzene rings is 1. The number of rotatable bonds is 6. The topological polar surface area (TPSA) is 91.8 Å². The lowest BCUT2D eigenvalue weighted by Gasteiger charge is -2.33. The van der Waals surface area contributed by atoms with Crippen molar-refractivity contribution in [1.29, 1.82) is 0 Å². The minimum Gasteiger partial charge on any atom is -0.406 e. The number of hydrogen-bond acceptors (Lipinski definition) is 7. The Bertz CT molecular complexity index is 985. The molecule has 3 rings (SSSR count). The SMILES string of the molecule is CS(=O)(=O)N1CCN(C(=O)Cc2csc(Nc3ccc(OC(F)(F)F)cc3)n2)CC1. The summed E-state index contributed by atoms with van der Waals surface area (Å²) in [5.74, 6) is -0.469. The van der Waals surface area contributed by atoms with E-state index in [0.717, 1.165) is 6.26 Å². The van der Waals surface area contributed by atoms with Crippen LogP contribution < -0.4 is 10.1 Å².